The average molecular weight is 416 g/mol. The molecule has 6 rings (SSSR count). The zero-order valence-corrected chi connectivity index (χ0v) is 18.4. The van der Waals surface area contributed by atoms with Crippen LogP contribution in [0.25, 0.3) is 38.8 Å². The second-order valence-electron chi connectivity index (χ2n) is 8.37. The molecule has 0 fully saturated rings. The van der Waals surface area contributed by atoms with Gasteiger partial charge in [-0.05, 0) is 49.8 Å². The van der Waals surface area contributed by atoms with E-state index in [4.69, 9.17) is 4.99 Å². The number of hydrogen-bond acceptors (Lipinski definition) is 1. The zero-order chi connectivity index (χ0) is 21.7. The van der Waals surface area contributed by atoms with E-state index in [2.05, 4.69) is 120 Å². The molecule has 0 N–H and O–H groups in total. The third kappa shape index (κ3) is 2.71. The van der Waals surface area contributed by atoms with E-state index in [1.807, 2.05) is 0 Å². The molecule has 0 amide bonds. The first kappa shape index (κ1) is 18.9. The summed E-state index contributed by atoms with van der Waals surface area (Å²) < 4.78 is 4.71. The predicted molar refractivity (Wildman–Crippen MR) is 136 cm³/mol. The van der Waals surface area contributed by atoms with E-state index in [1.165, 1.54) is 44.0 Å². The van der Waals surface area contributed by atoms with Crippen molar-refractivity contribution in [3.8, 4) is 0 Å². The van der Waals surface area contributed by atoms with E-state index in [0.29, 0.717) is 0 Å². The quantitative estimate of drug-likeness (QED) is 0.285. The fraction of sp³-hybridized carbons (Fsp3) is 0.138. The van der Waals surface area contributed by atoms with E-state index in [0.717, 1.165) is 12.3 Å². The summed E-state index contributed by atoms with van der Waals surface area (Å²) in [7, 11) is 0. The number of fused-ring (bicyclic) bond motifs is 4. The number of dihydropyridines is 1. The summed E-state index contributed by atoms with van der Waals surface area (Å²) in [6.07, 6.45) is 9.62. The molecule has 3 aromatic carbocycles. The highest BCUT2D eigenvalue weighted by Gasteiger charge is 2.22. The molecule has 0 saturated heterocycles. The van der Waals surface area contributed by atoms with E-state index < -0.39 is 0 Å². The lowest BCUT2D eigenvalue weighted by molar-refractivity contribution is 0.557. The van der Waals surface area contributed by atoms with Gasteiger partial charge in [0.25, 0.3) is 0 Å². The Hall–Kier alpha value is -3.85. The first-order chi connectivity index (χ1) is 15.8. The molecule has 0 radical (unpaired) electrons. The largest absolute Gasteiger partial charge is 0.317 e. The van der Waals surface area contributed by atoms with Crippen LogP contribution >= 0.6 is 0 Å². The highest BCUT2D eigenvalue weighted by Crippen LogP contribution is 2.35. The summed E-state index contributed by atoms with van der Waals surface area (Å²) >= 11 is 0. The Morgan fingerprint density at radius 3 is 2.06 bits per heavy atom. The number of aryl methyl sites for hydroxylation is 1. The highest BCUT2D eigenvalue weighted by atomic mass is 15.2. The maximum absolute atomic E-state index is 5.32. The van der Waals surface area contributed by atoms with Gasteiger partial charge in [0.1, 0.15) is 12.0 Å². The molecule has 1 aliphatic rings. The molecular weight excluding hydrogens is 390 g/mol. The van der Waals surface area contributed by atoms with Crippen LogP contribution in [0.3, 0.4) is 0 Å². The van der Waals surface area contributed by atoms with Gasteiger partial charge in [0.15, 0.2) is 0 Å². The molecule has 3 heterocycles. The molecule has 0 spiro atoms. The number of benzene rings is 3. The summed E-state index contributed by atoms with van der Waals surface area (Å²) in [5.74, 6) is 0.987. The van der Waals surface area contributed by atoms with Crippen molar-refractivity contribution < 1.29 is 0 Å². The molecule has 1 aliphatic heterocycles. The van der Waals surface area contributed by atoms with Gasteiger partial charge < -0.3 is 4.57 Å². The van der Waals surface area contributed by atoms with Gasteiger partial charge in [-0.2, -0.15) is 0 Å². The standard InChI is InChI=1S/C29H25N3/c1-3-11-24-20(2)21-12-4-7-15-25(21)31(24)28-18-10-19-29(30-28)32-26-16-8-5-13-22(26)23-14-6-9-17-27(23)32/h3-18,29H,19H2,1-2H3/b11-3-. The molecule has 156 valence electrons. The minimum atomic E-state index is 0.0136. The molecule has 32 heavy (non-hydrogen) atoms. The maximum atomic E-state index is 5.32. The Morgan fingerprint density at radius 2 is 1.41 bits per heavy atom. The van der Waals surface area contributed by atoms with Crippen LogP contribution in [-0.4, -0.2) is 15.0 Å². The van der Waals surface area contributed by atoms with Crippen molar-refractivity contribution in [2.24, 2.45) is 4.99 Å². The first-order valence-electron chi connectivity index (χ1n) is 11.2. The number of hydrogen-bond donors (Lipinski definition) is 0. The fourth-order valence-electron chi connectivity index (χ4n) is 5.14. The summed E-state index contributed by atoms with van der Waals surface area (Å²) in [5, 5.41) is 3.84. The van der Waals surface area contributed by atoms with Crippen LogP contribution in [0.5, 0.6) is 0 Å². The summed E-state index contributed by atoms with van der Waals surface area (Å²) in [6, 6.07) is 25.9. The second-order valence-corrected chi connectivity index (χ2v) is 8.37. The van der Waals surface area contributed by atoms with E-state index in [1.54, 1.807) is 0 Å². The van der Waals surface area contributed by atoms with Crippen molar-refractivity contribution in [1.29, 1.82) is 0 Å². The monoisotopic (exact) mass is 415 g/mol. The number of rotatable bonds is 2. The number of para-hydroxylation sites is 3. The lowest BCUT2D eigenvalue weighted by atomic mass is 10.1. The molecular formula is C29H25N3. The normalized spacial score (nSPS) is 16.6. The molecule has 5 aromatic rings. The Balaban J connectivity index is 1.60. The van der Waals surface area contributed by atoms with Crippen LogP contribution in [0.4, 0.5) is 0 Å². The number of aromatic nitrogens is 2. The van der Waals surface area contributed by atoms with Crippen LogP contribution in [-0.2, 0) is 0 Å². The van der Waals surface area contributed by atoms with Gasteiger partial charge in [-0.15, -0.1) is 0 Å². The molecule has 1 unspecified atom stereocenters. The lowest BCUT2D eigenvalue weighted by Crippen LogP contribution is -2.18. The third-order valence-electron chi connectivity index (χ3n) is 6.54. The Labute approximate surface area is 187 Å². The maximum Gasteiger partial charge on any atom is 0.134 e. The van der Waals surface area contributed by atoms with Crippen molar-refractivity contribution in [3.63, 3.8) is 0 Å². The second kappa shape index (κ2) is 7.38. The Kier molecular flexibility index (Phi) is 4.36. The lowest BCUT2D eigenvalue weighted by Gasteiger charge is -2.22. The van der Waals surface area contributed by atoms with Crippen molar-refractivity contribution in [2.75, 3.05) is 0 Å². The Bertz CT molecular complexity index is 1520. The van der Waals surface area contributed by atoms with E-state index in [9.17, 15) is 0 Å². The zero-order valence-electron chi connectivity index (χ0n) is 18.4. The van der Waals surface area contributed by atoms with Gasteiger partial charge in [0, 0.05) is 22.6 Å². The number of allylic oxidation sites excluding steroid dienone is 2. The number of aliphatic imine (C=N–C) groups is 1. The summed E-state index contributed by atoms with van der Waals surface area (Å²) in [5.41, 5.74) is 6.15. The van der Waals surface area contributed by atoms with Crippen LogP contribution in [0.2, 0.25) is 0 Å². The number of nitrogens with zero attached hydrogens (tertiary/aromatic N) is 3. The molecule has 0 bridgehead atoms. The minimum Gasteiger partial charge on any atom is -0.317 e. The fourth-order valence-corrected chi connectivity index (χ4v) is 5.14. The summed E-state index contributed by atoms with van der Waals surface area (Å²) in [4.78, 5) is 5.32. The molecule has 0 aliphatic carbocycles. The minimum absolute atomic E-state index is 0.0136. The van der Waals surface area contributed by atoms with Crippen molar-refractivity contribution in [2.45, 2.75) is 26.4 Å². The topological polar surface area (TPSA) is 22.2 Å². The highest BCUT2D eigenvalue weighted by molar-refractivity contribution is 6.09. The van der Waals surface area contributed by atoms with Crippen molar-refractivity contribution in [3.05, 3.63) is 102 Å². The first-order valence-corrected chi connectivity index (χ1v) is 11.2. The van der Waals surface area contributed by atoms with Gasteiger partial charge in [-0.25, -0.2) is 4.99 Å². The molecule has 0 saturated carbocycles. The van der Waals surface area contributed by atoms with E-state index in [-0.39, 0.29) is 6.17 Å². The van der Waals surface area contributed by atoms with Crippen LogP contribution in [0.15, 0.2) is 96.0 Å². The van der Waals surface area contributed by atoms with Gasteiger partial charge in [0.2, 0.25) is 0 Å². The van der Waals surface area contributed by atoms with Crippen molar-refractivity contribution in [1.82, 2.24) is 9.13 Å². The van der Waals surface area contributed by atoms with Crippen molar-refractivity contribution >= 4 is 44.6 Å². The van der Waals surface area contributed by atoms with Gasteiger partial charge in [0.05, 0.1) is 22.2 Å². The average Bonchev–Trinajstić information content (AvgIpc) is 3.32. The van der Waals surface area contributed by atoms with Crippen LogP contribution in [0, 0.1) is 6.92 Å². The van der Waals surface area contributed by atoms with Gasteiger partial charge in [-0.3, -0.25) is 4.57 Å². The van der Waals surface area contributed by atoms with Crippen LogP contribution in [0.1, 0.15) is 30.8 Å². The molecule has 3 nitrogen and oxygen atoms in total. The van der Waals surface area contributed by atoms with E-state index >= 15 is 0 Å². The molecule has 2 aromatic heterocycles. The van der Waals surface area contributed by atoms with Crippen LogP contribution < -0.4 is 0 Å². The third-order valence-corrected chi connectivity index (χ3v) is 6.54. The molecule has 3 heteroatoms. The smallest absolute Gasteiger partial charge is 0.134 e. The predicted octanol–water partition coefficient (Wildman–Crippen LogP) is 7.50. The molecule has 1 atom stereocenters. The Morgan fingerprint density at radius 1 is 0.812 bits per heavy atom. The summed E-state index contributed by atoms with van der Waals surface area (Å²) in [6.45, 7) is 4.27. The van der Waals surface area contributed by atoms with Gasteiger partial charge in [-0.1, -0.05) is 66.7 Å². The van der Waals surface area contributed by atoms with Gasteiger partial charge >= 0.3 is 0 Å². The SMILES string of the molecule is C/C=C\c1c(C)c2ccccc2n1C1=NC(n2c3ccccc3c3ccccc32)CC=C1.